The van der Waals surface area contributed by atoms with Gasteiger partial charge < -0.3 is 19.5 Å². The standard InChI is InChI=1S/C22H36N2O5/c1-4-6-8-9-10-11-13-29-20(25)16-24-22(26)21-19(27-3)14-18(15-23-21)17-28-12-7-5-2/h14-15H,4-13,16-17H2,1-3H3,(H,24,26). The zero-order valence-electron chi connectivity index (χ0n) is 18.1. The first-order valence-corrected chi connectivity index (χ1v) is 10.7. The van der Waals surface area contributed by atoms with Gasteiger partial charge in [-0.25, -0.2) is 4.98 Å². The number of hydrogen-bond donors (Lipinski definition) is 1. The topological polar surface area (TPSA) is 86.8 Å². The molecule has 1 aromatic rings. The van der Waals surface area contributed by atoms with Crippen molar-refractivity contribution in [1.82, 2.24) is 10.3 Å². The van der Waals surface area contributed by atoms with E-state index in [1.807, 2.05) is 0 Å². The molecule has 1 amide bonds. The van der Waals surface area contributed by atoms with Crippen LogP contribution in [0.5, 0.6) is 5.75 Å². The Morgan fingerprint density at radius 1 is 1.00 bits per heavy atom. The Hall–Kier alpha value is -2.15. The molecular formula is C22H36N2O5. The molecule has 7 heteroatoms. The summed E-state index contributed by atoms with van der Waals surface area (Å²) in [6.45, 7) is 5.57. The molecule has 0 aliphatic heterocycles. The molecule has 0 bridgehead atoms. The lowest BCUT2D eigenvalue weighted by Gasteiger charge is -2.11. The maximum atomic E-state index is 12.3. The van der Waals surface area contributed by atoms with E-state index in [1.54, 1.807) is 12.3 Å². The summed E-state index contributed by atoms with van der Waals surface area (Å²) in [7, 11) is 1.48. The van der Waals surface area contributed by atoms with Gasteiger partial charge >= 0.3 is 5.97 Å². The number of nitrogens with one attached hydrogen (secondary N) is 1. The number of ether oxygens (including phenoxy) is 3. The Morgan fingerprint density at radius 2 is 1.72 bits per heavy atom. The van der Waals surface area contributed by atoms with E-state index < -0.39 is 11.9 Å². The molecule has 1 heterocycles. The normalized spacial score (nSPS) is 10.6. The number of hydrogen-bond acceptors (Lipinski definition) is 6. The van der Waals surface area contributed by atoms with E-state index >= 15 is 0 Å². The summed E-state index contributed by atoms with van der Waals surface area (Å²) in [5.41, 5.74) is 0.960. The first-order valence-electron chi connectivity index (χ1n) is 10.7. The minimum absolute atomic E-state index is 0.133. The van der Waals surface area contributed by atoms with E-state index in [9.17, 15) is 9.59 Å². The first kappa shape index (κ1) is 24.9. The van der Waals surface area contributed by atoms with Crippen molar-refractivity contribution < 1.29 is 23.8 Å². The molecule has 29 heavy (non-hydrogen) atoms. The quantitative estimate of drug-likeness (QED) is 0.328. The Kier molecular flexibility index (Phi) is 13.5. The number of amides is 1. The Bertz CT molecular complexity index is 607. The van der Waals surface area contributed by atoms with Crippen molar-refractivity contribution >= 4 is 11.9 Å². The van der Waals surface area contributed by atoms with Crippen LogP contribution in [0.25, 0.3) is 0 Å². The van der Waals surface area contributed by atoms with Gasteiger partial charge in [-0.2, -0.15) is 0 Å². The Morgan fingerprint density at radius 3 is 2.45 bits per heavy atom. The van der Waals surface area contributed by atoms with Crippen LogP contribution in [0, 0.1) is 0 Å². The maximum absolute atomic E-state index is 12.3. The molecule has 7 nitrogen and oxygen atoms in total. The largest absolute Gasteiger partial charge is 0.494 e. The van der Waals surface area contributed by atoms with Crippen LogP contribution in [0.15, 0.2) is 12.3 Å². The summed E-state index contributed by atoms with van der Waals surface area (Å²) in [4.78, 5) is 28.3. The molecule has 0 spiro atoms. The second-order valence-corrected chi connectivity index (χ2v) is 6.97. The lowest BCUT2D eigenvalue weighted by Crippen LogP contribution is -2.31. The highest BCUT2D eigenvalue weighted by Crippen LogP contribution is 2.18. The molecule has 0 aromatic carbocycles. The molecule has 1 aromatic heterocycles. The summed E-state index contributed by atoms with van der Waals surface area (Å²) >= 11 is 0. The first-order chi connectivity index (χ1) is 14.1. The Balaban J connectivity index is 2.36. The van der Waals surface area contributed by atoms with Crippen LogP contribution in [0.3, 0.4) is 0 Å². The third-order valence-electron chi connectivity index (χ3n) is 4.41. The molecule has 164 valence electrons. The number of methoxy groups -OCH3 is 1. The highest BCUT2D eigenvalue weighted by Gasteiger charge is 2.16. The molecule has 0 fully saturated rings. The lowest BCUT2D eigenvalue weighted by atomic mass is 10.1. The van der Waals surface area contributed by atoms with E-state index in [2.05, 4.69) is 24.1 Å². The van der Waals surface area contributed by atoms with E-state index in [1.165, 1.54) is 26.4 Å². The van der Waals surface area contributed by atoms with Gasteiger partial charge in [-0.05, 0) is 24.5 Å². The molecule has 0 radical (unpaired) electrons. The average molecular weight is 409 g/mol. The molecule has 0 atom stereocenters. The number of pyridine rings is 1. The van der Waals surface area contributed by atoms with E-state index in [-0.39, 0.29) is 12.2 Å². The van der Waals surface area contributed by atoms with Crippen LogP contribution < -0.4 is 10.1 Å². The molecule has 0 unspecified atom stereocenters. The van der Waals surface area contributed by atoms with Crippen molar-refractivity contribution in [3.63, 3.8) is 0 Å². The number of carbonyl (C=O) groups is 2. The second-order valence-electron chi connectivity index (χ2n) is 6.97. The molecule has 1 rings (SSSR count). The molecule has 0 aliphatic rings. The third kappa shape index (κ3) is 10.8. The van der Waals surface area contributed by atoms with Crippen molar-refractivity contribution in [3.8, 4) is 5.75 Å². The van der Waals surface area contributed by atoms with Crippen molar-refractivity contribution in [3.05, 3.63) is 23.5 Å². The van der Waals surface area contributed by atoms with Gasteiger partial charge in [0, 0.05) is 12.8 Å². The summed E-state index contributed by atoms with van der Waals surface area (Å²) in [6, 6.07) is 1.73. The second kappa shape index (κ2) is 15.7. The number of carbonyl (C=O) groups excluding carboxylic acids is 2. The number of rotatable bonds is 16. The Labute approximate surface area is 174 Å². The van der Waals surface area contributed by atoms with Crippen molar-refractivity contribution in [2.75, 3.05) is 26.9 Å². The van der Waals surface area contributed by atoms with Gasteiger partial charge in [-0.3, -0.25) is 9.59 Å². The van der Waals surface area contributed by atoms with Gasteiger partial charge in [0.25, 0.3) is 5.91 Å². The van der Waals surface area contributed by atoms with Gasteiger partial charge in [0.2, 0.25) is 0 Å². The number of aromatic nitrogens is 1. The predicted molar refractivity (Wildman–Crippen MR) is 112 cm³/mol. The fraction of sp³-hybridized carbons (Fsp3) is 0.682. The molecule has 1 N–H and O–H groups in total. The van der Waals surface area contributed by atoms with Crippen molar-refractivity contribution in [2.45, 2.75) is 71.8 Å². The van der Waals surface area contributed by atoms with E-state index in [0.717, 1.165) is 37.7 Å². The fourth-order valence-electron chi connectivity index (χ4n) is 2.68. The predicted octanol–water partition coefficient (Wildman–Crippen LogP) is 4.04. The third-order valence-corrected chi connectivity index (χ3v) is 4.41. The zero-order chi connectivity index (χ0) is 21.3. The summed E-state index contributed by atoms with van der Waals surface area (Å²) in [5.74, 6) is -0.580. The van der Waals surface area contributed by atoms with Crippen LogP contribution >= 0.6 is 0 Å². The van der Waals surface area contributed by atoms with Crippen LogP contribution in [0.4, 0.5) is 0 Å². The average Bonchev–Trinajstić information content (AvgIpc) is 2.74. The smallest absolute Gasteiger partial charge is 0.325 e. The van der Waals surface area contributed by atoms with E-state index in [0.29, 0.717) is 25.6 Å². The summed E-state index contributed by atoms with van der Waals surface area (Å²) in [6.07, 6.45) is 10.4. The monoisotopic (exact) mass is 408 g/mol. The minimum atomic E-state index is -0.475. The van der Waals surface area contributed by atoms with Crippen LogP contribution in [-0.2, 0) is 20.9 Å². The van der Waals surface area contributed by atoms with Crippen LogP contribution in [-0.4, -0.2) is 43.7 Å². The highest BCUT2D eigenvalue weighted by molar-refractivity contribution is 5.96. The van der Waals surface area contributed by atoms with Crippen molar-refractivity contribution in [2.24, 2.45) is 0 Å². The number of esters is 1. The lowest BCUT2D eigenvalue weighted by molar-refractivity contribution is -0.142. The fourth-order valence-corrected chi connectivity index (χ4v) is 2.68. The van der Waals surface area contributed by atoms with E-state index in [4.69, 9.17) is 14.2 Å². The van der Waals surface area contributed by atoms with Gasteiger partial charge in [0.15, 0.2) is 11.4 Å². The van der Waals surface area contributed by atoms with Gasteiger partial charge in [-0.1, -0.05) is 52.4 Å². The zero-order valence-corrected chi connectivity index (χ0v) is 18.1. The SMILES string of the molecule is CCCCCCCCOC(=O)CNC(=O)c1ncc(COCCCC)cc1OC. The molecular weight excluding hydrogens is 372 g/mol. The highest BCUT2D eigenvalue weighted by atomic mass is 16.5. The van der Waals surface area contributed by atoms with Gasteiger partial charge in [-0.15, -0.1) is 0 Å². The molecule has 0 aliphatic carbocycles. The number of unbranched alkanes of at least 4 members (excludes halogenated alkanes) is 6. The van der Waals surface area contributed by atoms with Crippen LogP contribution in [0.1, 0.15) is 81.3 Å². The van der Waals surface area contributed by atoms with Crippen LogP contribution in [0.2, 0.25) is 0 Å². The molecule has 0 saturated heterocycles. The van der Waals surface area contributed by atoms with Gasteiger partial charge in [0.05, 0.1) is 20.3 Å². The van der Waals surface area contributed by atoms with Crippen molar-refractivity contribution in [1.29, 1.82) is 0 Å². The van der Waals surface area contributed by atoms with Gasteiger partial charge in [0.1, 0.15) is 6.54 Å². The summed E-state index contributed by atoms with van der Waals surface area (Å²) < 4.78 is 16.0. The minimum Gasteiger partial charge on any atom is -0.494 e. The summed E-state index contributed by atoms with van der Waals surface area (Å²) in [5, 5.41) is 2.53. The maximum Gasteiger partial charge on any atom is 0.325 e. The molecule has 0 saturated carbocycles. The number of nitrogens with zero attached hydrogens (tertiary/aromatic N) is 1.